The Kier molecular flexibility index (Phi) is 7.30. The van der Waals surface area contributed by atoms with E-state index in [0.717, 1.165) is 68.4 Å². The molecule has 0 spiro atoms. The third-order valence-corrected chi connectivity index (χ3v) is 6.78. The van der Waals surface area contributed by atoms with Crippen LogP contribution in [0.1, 0.15) is 58.9 Å². The number of aryl methyl sites for hydroxylation is 1. The number of hydrogen-bond acceptors (Lipinski definition) is 5. The molecule has 1 aromatic carbocycles. The topological polar surface area (TPSA) is 94.6 Å². The van der Waals surface area contributed by atoms with Crippen LogP contribution in [0.25, 0.3) is 0 Å². The predicted octanol–water partition coefficient (Wildman–Crippen LogP) is 3.37. The van der Waals surface area contributed by atoms with Gasteiger partial charge in [0.15, 0.2) is 0 Å². The number of carbonyl (C=O) groups is 2. The van der Waals surface area contributed by atoms with Gasteiger partial charge >= 0.3 is 6.18 Å². The molecule has 1 aliphatic heterocycles. The fraction of sp³-hybridized carbons (Fsp3) is 0.480. The van der Waals surface area contributed by atoms with Gasteiger partial charge in [-0.15, -0.1) is 0 Å². The van der Waals surface area contributed by atoms with E-state index in [2.05, 4.69) is 20.5 Å². The van der Waals surface area contributed by atoms with E-state index in [0.29, 0.717) is 6.04 Å². The van der Waals surface area contributed by atoms with Crippen molar-refractivity contribution in [1.82, 2.24) is 20.5 Å². The highest BCUT2D eigenvalue weighted by Gasteiger charge is 2.36. The van der Waals surface area contributed by atoms with Crippen molar-refractivity contribution >= 4 is 11.8 Å². The zero-order chi connectivity index (χ0) is 25.2. The summed E-state index contributed by atoms with van der Waals surface area (Å²) in [4.78, 5) is 31.2. The third kappa shape index (κ3) is 6.11. The number of nitrogens with one attached hydrogen (secondary N) is 2. The highest BCUT2D eigenvalue weighted by molar-refractivity contribution is 5.96. The van der Waals surface area contributed by atoms with Crippen LogP contribution in [-0.2, 0) is 11.0 Å². The molecule has 0 bridgehead atoms. The molecule has 0 radical (unpaired) electrons. The van der Waals surface area contributed by atoms with Gasteiger partial charge in [-0.1, -0.05) is 6.07 Å². The van der Waals surface area contributed by atoms with Gasteiger partial charge in [-0.3, -0.25) is 19.5 Å². The largest absolute Gasteiger partial charge is 0.506 e. The van der Waals surface area contributed by atoms with Gasteiger partial charge in [0.05, 0.1) is 23.8 Å². The molecule has 2 amide bonds. The number of benzene rings is 1. The summed E-state index contributed by atoms with van der Waals surface area (Å²) in [5.41, 5.74) is 0.619. The summed E-state index contributed by atoms with van der Waals surface area (Å²) >= 11 is 0. The predicted molar refractivity (Wildman–Crippen MR) is 123 cm³/mol. The number of aromatic nitrogens is 1. The average Bonchev–Trinajstić information content (AvgIpc) is 2.81. The standard InChI is InChI=1S/C25H29F3N4O3/c1-15-5-10-21(33)23(30-15)16-6-8-20(9-7-16)32-13-19(14-32)31-22(34)12-29-24(35)17-3-2-4-18(11-17)25(26,27)28/h2-5,10-11,16,19-20,33H,6-9,12-14H2,1H3,(H,29,35)(H,31,34). The van der Waals surface area contributed by atoms with Crippen molar-refractivity contribution in [3.05, 3.63) is 58.9 Å². The zero-order valence-corrected chi connectivity index (χ0v) is 19.4. The van der Waals surface area contributed by atoms with Crippen molar-refractivity contribution in [1.29, 1.82) is 0 Å². The number of hydrogen-bond donors (Lipinski definition) is 3. The molecule has 7 nitrogen and oxygen atoms in total. The van der Waals surface area contributed by atoms with E-state index in [-0.39, 0.29) is 35.7 Å². The second kappa shape index (κ2) is 10.2. The normalized spacial score (nSPS) is 21.3. The molecule has 0 atom stereocenters. The number of likely N-dealkylation sites (tertiary alicyclic amines) is 1. The van der Waals surface area contributed by atoms with E-state index in [1.807, 2.05) is 6.92 Å². The van der Waals surface area contributed by atoms with E-state index >= 15 is 0 Å². The summed E-state index contributed by atoms with van der Waals surface area (Å²) in [7, 11) is 0. The van der Waals surface area contributed by atoms with E-state index < -0.39 is 17.6 Å². The Bertz CT molecular complexity index is 1080. The number of nitrogens with zero attached hydrogens (tertiary/aromatic N) is 2. The Hall–Kier alpha value is -3.14. The maximum atomic E-state index is 12.8. The maximum absolute atomic E-state index is 12.8. The third-order valence-electron chi connectivity index (χ3n) is 6.78. The van der Waals surface area contributed by atoms with E-state index in [9.17, 15) is 27.9 Å². The highest BCUT2D eigenvalue weighted by atomic mass is 19.4. The van der Waals surface area contributed by atoms with Crippen molar-refractivity contribution in [2.75, 3.05) is 19.6 Å². The summed E-state index contributed by atoms with van der Waals surface area (Å²) in [6.07, 6.45) is -0.656. The number of alkyl halides is 3. The quantitative estimate of drug-likeness (QED) is 0.577. The number of rotatable bonds is 6. The van der Waals surface area contributed by atoms with Crippen LogP contribution in [0.4, 0.5) is 13.2 Å². The molecule has 2 fully saturated rings. The van der Waals surface area contributed by atoms with Crippen LogP contribution in [0.5, 0.6) is 5.75 Å². The molecule has 35 heavy (non-hydrogen) atoms. The van der Waals surface area contributed by atoms with Crippen LogP contribution in [0.15, 0.2) is 36.4 Å². The summed E-state index contributed by atoms with van der Waals surface area (Å²) in [6, 6.07) is 8.00. The minimum Gasteiger partial charge on any atom is -0.506 e. The maximum Gasteiger partial charge on any atom is 0.416 e. The van der Waals surface area contributed by atoms with E-state index in [1.165, 1.54) is 6.07 Å². The lowest BCUT2D eigenvalue weighted by Gasteiger charge is -2.46. The van der Waals surface area contributed by atoms with Crippen LogP contribution in [0, 0.1) is 6.92 Å². The van der Waals surface area contributed by atoms with Crippen molar-refractivity contribution in [3.8, 4) is 5.75 Å². The Balaban J connectivity index is 1.17. The van der Waals surface area contributed by atoms with E-state index in [1.54, 1.807) is 12.1 Å². The van der Waals surface area contributed by atoms with Gasteiger partial charge in [0, 0.05) is 36.3 Å². The molecule has 2 aromatic rings. The minimum absolute atomic E-state index is 0.0202. The van der Waals surface area contributed by atoms with Gasteiger partial charge in [-0.25, -0.2) is 0 Å². The summed E-state index contributed by atoms with van der Waals surface area (Å²) in [6.45, 7) is 3.05. The van der Waals surface area contributed by atoms with Gasteiger partial charge < -0.3 is 15.7 Å². The first-order valence-electron chi connectivity index (χ1n) is 11.8. The molecule has 1 saturated carbocycles. The molecule has 1 aliphatic carbocycles. The monoisotopic (exact) mass is 490 g/mol. The molecule has 3 N–H and O–H groups in total. The lowest BCUT2D eigenvalue weighted by Crippen LogP contribution is -2.63. The zero-order valence-electron chi connectivity index (χ0n) is 19.4. The van der Waals surface area contributed by atoms with Crippen molar-refractivity contribution in [2.45, 2.75) is 56.8 Å². The Morgan fingerprint density at radius 1 is 1.11 bits per heavy atom. The first-order valence-corrected chi connectivity index (χ1v) is 11.8. The Morgan fingerprint density at radius 3 is 2.51 bits per heavy atom. The summed E-state index contributed by atoms with van der Waals surface area (Å²) < 4.78 is 38.4. The molecule has 0 unspecified atom stereocenters. The van der Waals surface area contributed by atoms with Crippen molar-refractivity contribution < 1.29 is 27.9 Å². The van der Waals surface area contributed by atoms with Crippen molar-refractivity contribution in [2.24, 2.45) is 0 Å². The molecule has 188 valence electrons. The number of carbonyl (C=O) groups excluding carboxylic acids is 2. The summed E-state index contributed by atoms with van der Waals surface area (Å²) in [5.74, 6) is -0.596. The lowest BCUT2D eigenvalue weighted by molar-refractivity contribution is -0.137. The molecule has 1 saturated heterocycles. The van der Waals surface area contributed by atoms with Gasteiger partial charge in [-0.2, -0.15) is 13.2 Å². The second-order valence-electron chi connectivity index (χ2n) is 9.34. The number of pyridine rings is 1. The van der Waals surface area contributed by atoms with Crippen LogP contribution >= 0.6 is 0 Å². The molecular weight excluding hydrogens is 461 g/mol. The average molecular weight is 491 g/mol. The first-order chi connectivity index (χ1) is 16.6. The fourth-order valence-electron chi connectivity index (χ4n) is 4.86. The van der Waals surface area contributed by atoms with Crippen LogP contribution in [0.2, 0.25) is 0 Å². The number of amides is 2. The molecule has 10 heteroatoms. The molecular formula is C25H29F3N4O3. The minimum atomic E-state index is -4.54. The fourth-order valence-corrected chi connectivity index (χ4v) is 4.86. The molecule has 1 aromatic heterocycles. The summed E-state index contributed by atoms with van der Waals surface area (Å²) in [5, 5.41) is 15.4. The first kappa shape index (κ1) is 25.0. The highest BCUT2D eigenvalue weighted by Crippen LogP contribution is 2.38. The Morgan fingerprint density at radius 2 is 1.83 bits per heavy atom. The van der Waals surface area contributed by atoms with Gasteiger partial charge in [-0.05, 0) is 62.9 Å². The lowest BCUT2D eigenvalue weighted by atomic mass is 9.82. The van der Waals surface area contributed by atoms with E-state index in [4.69, 9.17) is 0 Å². The molecule has 4 rings (SSSR count). The second-order valence-corrected chi connectivity index (χ2v) is 9.34. The SMILES string of the molecule is Cc1ccc(O)c(C2CCC(N3CC(NC(=O)CNC(=O)c4cccc(C(F)(F)F)c4)C3)CC2)n1. The Labute approximate surface area is 201 Å². The number of aromatic hydroxyl groups is 1. The number of halogens is 3. The van der Waals surface area contributed by atoms with Crippen LogP contribution in [-0.4, -0.2) is 58.5 Å². The van der Waals surface area contributed by atoms with Crippen LogP contribution in [0.3, 0.4) is 0 Å². The van der Waals surface area contributed by atoms with Gasteiger partial charge in [0.25, 0.3) is 5.91 Å². The van der Waals surface area contributed by atoms with Crippen LogP contribution < -0.4 is 10.6 Å². The van der Waals surface area contributed by atoms with Gasteiger partial charge in [0.2, 0.25) is 5.91 Å². The molecule has 2 heterocycles. The van der Waals surface area contributed by atoms with Crippen molar-refractivity contribution in [3.63, 3.8) is 0 Å². The smallest absolute Gasteiger partial charge is 0.416 e. The molecule has 2 aliphatic rings. The van der Waals surface area contributed by atoms with Gasteiger partial charge in [0.1, 0.15) is 5.75 Å².